The maximum atomic E-state index is 12.0. The van der Waals surface area contributed by atoms with Crippen molar-refractivity contribution in [2.24, 2.45) is 4.99 Å². The first-order valence-electron chi connectivity index (χ1n) is 7.30. The highest BCUT2D eigenvalue weighted by Crippen LogP contribution is 2.31. The lowest BCUT2D eigenvalue weighted by Gasteiger charge is -2.06. The fourth-order valence-electron chi connectivity index (χ4n) is 2.11. The number of amides is 1. The summed E-state index contributed by atoms with van der Waals surface area (Å²) in [4.78, 5) is 16.3. The number of phenols is 1. The number of aliphatic imine (C=N–C) groups is 1. The number of nitrogens with one attached hydrogen (secondary N) is 1. The topological polar surface area (TPSA) is 74.8 Å². The molecular formula is C18H11BrCl2N2O3. The van der Waals surface area contributed by atoms with E-state index in [1.165, 1.54) is 12.5 Å². The number of rotatable bonds is 4. The molecule has 0 saturated heterocycles. The number of phenolic OH excluding ortho intramolecular Hbond substituents is 1. The van der Waals surface area contributed by atoms with Crippen molar-refractivity contribution in [1.82, 2.24) is 0 Å². The number of halogens is 3. The van der Waals surface area contributed by atoms with Crippen LogP contribution < -0.4 is 5.32 Å². The summed E-state index contributed by atoms with van der Waals surface area (Å²) >= 11 is 15.4. The van der Waals surface area contributed by atoms with Crippen LogP contribution in [0, 0.1) is 0 Å². The first-order chi connectivity index (χ1) is 12.4. The van der Waals surface area contributed by atoms with Crippen LogP contribution >= 0.6 is 39.1 Å². The van der Waals surface area contributed by atoms with Crippen LogP contribution in [-0.2, 0) is 0 Å². The third-order valence-corrected chi connectivity index (χ3v) is 4.49. The van der Waals surface area contributed by atoms with Gasteiger partial charge >= 0.3 is 0 Å². The zero-order chi connectivity index (χ0) is 18.7. The van der Waals surface area contributed by atoms with Gasteiger partial charge in [0, 0.05) is 16.8 Å². The quantitative estimate of drug-likeness (QED) is 0.471. The summed E-state index contributed by atoms with van der Waals surface area (Å²) < 4.78 is 5.50. The van der Waals surface area contributed by atoms with Crippen molar-refractivity contribution in [1.29, 1.82) is 0 Å². The van der Waals surface area contributed by atoms with E-state index in [2.05, 4.69) is 26.2 Å². The summed E-state index contributed by atoms with van der Waals surface area (Å²) in [6, 6.07) is 11.2. The Bertz CT molecular complexity index is 988. The average Bonchev–Trinajstić information content (AvgIpc) is 3.13. The van der Waals surface area contributed by atoms with Crippen molar-refractivity contribution < 1.29 is 14.3 Å². The minimum Gasteiger partial charge on any atom is -0.506 e. The van der Waals surface area contributed by atoms with E-state index in [4.69, 9.17) is 27.6 Å². The maximum Gasteiger partial charge on any atom is 0.291 e. The summed E-state index contributed by atoms with van der Waals surface area (Å²) in [6.45, 7) is 0. The summed E-state index contributed by atoms with van der Waals surface area (Å²) in [5, 5.41) is 13.4. The second-order valence-electron chi connectivity index (χ2n) is 5.18. The molecule has 0 aliphatic rings. The van der Waals surface area contributed by atoms with Crippen LogP contribution in [0.1, 0.15) is 16.1 Å². The molecule has 0 saturated carbocycles. The molecule has 1 aromatic heterocycles. The number of hydrogen-bond acceptors (Lipinski definition) is 4. The van der Waals surface area contributed by atoms with Crippen LogP contribution in [-0.4, -0.2) is 17.2 Å². The summed E-state index contributed by atoms with van der Waals surface area (Å²) in [5.41, 5.74) is 1.43. The van der Waals surface area contributed by atoms with E-state index in [0.717, 1.165) is 0 Å². The standard InChI is InChI=1S/C18H11BrCl2N2O3/c19-13-7-11(20)6-10(17(13)24)9-22-12-3-4-15(14(21)8-12)23-18(25)16-2-1-5-26-16/h1-9,24H,(H,23,25). The van der Waals surface area contributed by atoms with Gasteiger partial charge in [0.1, 0.15) is 5.75 Å². The minimum atomic E-state index is -0.401. The number of nitrogens with zero attached hydrogens (tertiary/aromatic N) is 1. The molecule has 1 amide bonds. The Morgan fingerprint density at radius 2 is 2.04 bits per heavy atom. The van der Waals surface area contributed by atoms with Crippen molar-refractivity contribution in [2.45, 2.75) is 0 Å². The molecule has 0 fully saturated rings. The van der Waals surface area contributed by atoms with E-state index in [9.17, 15) is 9.90 Å². The Morgan fingerprint density at radius 1 is 1.23 bits per heavy atom. The molecule has 1 heterocycles. The number of benzene rings is 2. The molecule has 8 heteroatoms. The van der Waals surface area contributed by atoms with Crippen LogP contribution in [0.3, 0.4) is 0 Å². The highest BCUT2D eigenvalue weighted by Gasteiger charge is 2.11. The molecule has 132 valence electrons. The molecule has 0 unspecified atom stereocenters. The Balaban J connectivity index is 1.78. The normalized spacial score (nSPS) is 11.0. The second-order valence-corrected chi connectivity index (χ2v) is 6.88. The van der Waals surface area contributed by atoms with E-state index >= 15 is 0 Å². The predicted molar refractivity (Wildman–Crippen MR) is 106 cm³/mol. The lowest BCUT2D eigenvalue weighted by Crippen LogP contribution is -2.10. The summed E-state index contributed by atoms with van der Waals surface area (Å²) in [7, 11) is 0. The fraction of sp³-hybridized carbons (Fsp3) is 0. The van der Waals surface area contributed by atoms with Gasteiger partial charge in [-0.2, -0.15) is 0 Å². The third-order valence-electron chi connectivity index (χ3n) is 3.36. The molecule has 0 aliphatic carbocycles. The smallest absolute Gasteiger partial charge is 0.291 e. The number of furan rings is 1. The third kappa shape index (κ3) is 4.27. The largest absolute Gasteiger partial charge is 0.506 e. The van der Waals surface area contributed by atoms with Crippen molar-refractivity contribution in [3.63, 3.8) is 0 Å². The van der Waals surface area contributed by atoms with Gasteiger partial charge in [-0.1, -0.05) is 23.2 Å². The van der Waals surface area contributed by atoms with Crippen LogP contribution in [0.4, 0.5) is 11.4 Å². The predicted octanol–water partition coefficient (Wildman–Crippen LogP) is 6.06. The summed E-state index contributed by atoms with van der Waals surface area (Å²) in [5.74, 6) is -0.182. The van der Waals surface area contributed by atoms with Gasteiger partial charge < -0.3 is 14.8 Å². The SMILES string of the molecule is O=C(Nc1ccc(N=Cc2cc(Cl)cc(Br)c2O)cc1Cl)c1ccco1. The van der Waals surface area contributed by atoms with Gasteiger partial charge in [0.05, 0.1) is 27.1 Å². The van der Waals surface area contributed by atoms with E-state index in [1.54, 1.807) is 42.5 Å². The van der Waals surface area contributed by atoms with Gasteiger partial charge in [-0.15, -0.1) is 0 Å². The van der Waals surface area contributed by atoms with Crippen LogP contribution in [0.15, 0.2) is 62.6 Å². The molecule has 0 spiro atoms. The number of aromatic hydroxyl groups is 1. The van der Waals surface area contributed by atoms with E-state index < -0.39 is 5.91 Å². The number of hydrogen-bond donors (Lipinski definition) is 2. The van der Waals surface area contributed by atoms with E-state index in [1.807, 2.05) is 0 Å². The van der Waals surface area contributed by atoms with Gasteiger partial charge in [0.2, 0.25) is 0 Å². The van der Waals surface area contributed by atoms with Gasteiger partial charge in [0.15, 0.2) is 5.76 Å². The van der Waals surface area contributed by atoms with Crippen molar-refractivity contribution in [3.8, 4) is 5.75 Å². The van der Waals surface area contributed by atoms with Gasteiger partial charge in [0.25, 0.3) is 5.91 Å². The molecule has 3 rings (SSSR count). The molecule has 0 bridgehead atoms. The molecule has 2 aromatic carbocycles. The maximum absolute atomic E-state index is 12.0. The number of carbonyl (C=O) groups excluding carboxylic acids is 1. The average molecular weight is 454 g/mol. The zero-order valence-electron chi connectivity index (χ0n) is 13.0. The van der Waals surface area contributed by atoms with Crippen molar-refractivity contribution in [3.05, 3.63) is 74.6 Å². The van der Waals surface area contributed by atoms with Crippen molar-refractivity contribution in [2.75, 3.05) is 5.32 Å². The van der Waals surface area contributed by atoms with Crippen LogP contribution in [0.25, 0.3) is 0 Å². The molecule has 3 aromatic rings. The first-order valence-corrected chi connectivity index (χ1v) is 8.85. The Labute approximate surface area is 167 Å². The fourth-order valence-corrected chi connectivity index (χ4v) is 3.16. The Hall–Kier alpha value is -2.28. The van der Waals surface area contributed by atoms with Gasteiger partial charge in [-0.3, -0.25) is 9.79 Å². The monoisotopic (exact) mass is 452 g/mol. The van der Waals surface area contributed by atoms with Gasteiger partial charge in [-0.05, 0) is 58.4 Å². The molecule has 0 atom stereocenters. The highest BCUT2D eigenvalue weighted by molar-refractivity contribution is 9.10. The first kappa shape index (κ1) is 18.5. The van der Waals surface area contributed by atoms with E-state index in [-0.39, 0.29) is 11.5 Å². The highest BCUT2D eigenvalue weighted by atomic mass is 79.9. The zero-order valence-corrected chi connectivity index (χ0v) is 16.1. The minimum absolute atomic E-state index is 0.0339. The number of anilines is 1. The van der Waals surface area contributed by atoms with Crippen LogP contribution in [0.5, 0.6) is 5.75 Å². The Kier molecular flexibility index (Phi) is 5.66. The second kappa shape index (κ2) is 7.95. The lowest BCUT2D eigenvalue weighted by molar-refractivity contribution is 0.0996. The number of carbonyl (C=O) groups is 1. The molecule has 0 radical (unpaired) electrons. The molecule has 2 N–H and O–H groups in total. The van der Waals surface area contributed by atoms with Crippen molar-refractivity contribution >= 4 is 62.6 Å². The van der Waals surface area contributed by atoms with Gasteiger partial charge in [-0.25, -0.2) is 0 Å². The summed E-state index contributed by atoms with van der Waals surface area (Å²) in [6.07, 6.45) is 2.89. The molecular weight excluding hydrogens is 443 g/mol. The Morgan fingerprint density at radius 3 is 2.73 bits per heavy atom. The van der Waals surface area contributed by atoms with Crippen LogP contribution in [0.2, 0.25) is 10.0 Å². The molecule has 26 heavy (non-hydrogen) atoms. The molecule has 0 aliphatic heterocycles. The van der Waals surface area contributed by atoms with E-state index in [0.29, 0.717) is 31.5 Å². The lowest BCUT2D eigenvalue weighted by atomic mass is 10.2. The molecule has 5 nitrogen and oxygen atoms in total.